The summed E-state index contributed by atoms with van der Waals surface area (Å²) in [5.41, 5.74) is 1.71. The Bertz CT molecular complexity index is 392. The highest BCUT2D eigenvalue weighted by Crippen LogP contribution is 2.18. The van der Waals surface area contributed by atoms with Gasteiger partial charge in [0.15, 0.2) is 11.6 Å². The van der Waals surface area contributed by atoms with Gasteiger partial charge in [0, 0.05) is 19.2 Å². The van der Waals surface area contributed by atoms with Crippen molar-refractivity contribution in [2.75, 3.05) is 12.4 Å². The Kier molecular flexibility index (Phi) is 3.51. The summed E-state index contributed by atoms with van der Waals surface area (Å²) in [5.74, 6) is 1.60. The lowest BCUT2D eigenvalue weighted by Gasteiger charge is -2.09. The van der Waals surface area contributed by atoms with Gasteiger partial charge in [-0.25, -0.2) is 19.0 Å². The van der Waals surface area contributed by atoms with Crippen LogP contribution in [0.4, 0.5) is 18.9 Å². The van der Waals surface area contributed by atoms with Crippen molar-refractivity contribution >= 4 is 11.6 Å². The largest absolute Gasteiger partial charge is 0.323 e. The first-order valence-electron chi connectivity index (χ1n) is 3.93. The Hall–Kier alpha value is -1.76. The van der Waals surface area contributed by atoms with Crippen LogP contribution in [0.15, 0.2) is 17.1 Å². The fourth-order valence-corrected chi connectivity index (χ4v) is 0.931. The van der Waals surface area contributed by atoms with Crippen LogP contribution >= 0.6 is 0 Å². The van der Waals surface area contributed by atoms with Crippen molar-refractivity contribution in [1.29, 1.82) is 0 Å². The average Bonchev–Trinajstić information content (AvgIpc) is 2.21. The monoisotopic (exact) mass is 218 g/mol. The van der Waals surface area contributed by atoms with Crippen LogP contribution in [0.1, 0.15) is 0 Å². The number of guanidine groups is 1. The van der Waals surface area contributed by atoms with Crippen molar-refractivity contribution < 1.29 is 13.2 Å². The molecular formula is C8H9F3N4. The molecule has 0 saturated heterocycles. The lowest BCUT2D eigenvalue weighted by Crippen LogP contribution is -2.36. The van der Waals surface area contributed by atoms with Gasteiger partial charge in [0.05, 0.1) is 5.69 Å². The molecule has 4 nitrogen and oxygen atoms in total. The molecule has 1 aromatic carbocycles. The predicted molar refractivity (Wildman–Crippen MR) is 50.6 cm³/mol. The van der Waals surface area contributed by atoms with E-state index in [0.717, 1.165) is 6.07 Å². The Balaban J connectivity index is 3.04. The summed E-state index contributed by atoms with van der Waals surface area (Å²) < 4.78 is 38.6. The summed E-state index contributed by atoms with van der Waals surface area (Å²) >= 11 is 0. The number of nitrogens with zero attached hydrogens (tertiary/aromatic N) is 1. The minimum Gasteiger partial charge on any atom is -0.323 e. The third-order valence-electron chi connectivity index (χ3n) is 1.61. The number of halogens is 3. The quantitative estimate of drug-likeness (QED) is 0.216. The van der Waals surface area contributed by atoms with Gasteiger partial charge in [0.25, 0.3) is 0 Å². The molecule has 0 aromatic heterocycles. The lowest BCUT2D eigenvalue weighted by molar-refractivity contribution is 0.498. The summed E-state index contributed by atoms with van der Waals surface area (Å²) in [6.45, 7) is 0. The zero-order valence-electron chi connectivity index (χ0n) is 7.81. The molecule has 0 bridgehead atoms. The number of rotatable bonds is 1. The SMILES string of the molecule is CN=C(NN)Nc1cc(F)cc(F)c1F. The van der Waals surface area contributed by atoms with E-state index in [0.29, 0.717) is 6.07 Å². The maximum absolute atomic E-state index is 13.1. The smallest absolute Gasteiger partial charge is 0.210 e. The first-order chi connectivity index (χ1) is 7.08. The molecule has 0 spiro atoms. The summed E-state index contributed by atoms with van der Waals surface area (Å²) in [5, 5.41) is 2.29. The summed E-state index contributed by atoms with van der Waals surface area (Å²) in [6.07, 6.45) is 0. The summed E-state index contributed by atoms with van der Waals surface area (Å²) in [6, 6.07) is 1.24. The van der Waals surface area contributed by atoms with Gasteiger partial charge in [-0.15, -0.1) is 0 Å². The van der Waals surface area contributed by atoms with Gasteiger partial charge >= 0.3 is 0 Å². The number of benzene rings is 1. The van der Waals surface area contributed by atoms with Crippen molar-refractivity contribution in [3.8, 4) is 0 Å². The number of hydrazine groups is 1. The summed E-state index contributed by atoms with van der Waals surface area (Å²) in [7, 11) is 1.37. The van der Waals surface area contributed by atoms with Crippen LogP contribution in [0.5, 0.6) is 0 Å². The summed E-state index contributed by atoms with van der Waals surface area (Å²) in [4.78, 5) is 3.56. The van der Waals surface area contributed by atoms with Gasteiger partial charge < -0.3 is 5.32 Å². The molecule has 7 heteroatoms. The van der Waals surface area contributed by atoms with Crippen LogP contribution in [-0.4, -0.2) is 13.0 Å². The highest BCUT2D eigenvalue weighted by Gasteiger charge is 2.11. The Morgan fingerprint density at radius 2 is 2.00 bits per heavy atom. The van der Waals surface area contributed by atoms with Crippen molar-refractivity contribution in [2.24, 2.45) is 10.8 Å². The lowest BCUT2D eigenvalue weighted by atomic mass is 10.3. The highest BCUT2D eigenvalue weighted by molar-refractivity contribution is 5.93. The number of aliphatic imine (C=N–C) groups is 1. The molecule has 0 aliphatic heterocycles. The Morgan fingerprint density at radius 1 is 1.33 bits per heavy atom. The second kappa shape index (κ2) is 4.65. The van der Waals surface area contributed by atoms with E-state index in [1.807, 2.05) is 0 Å². The fourth-order valence-electron chi connectivity index (χ4n) is 0.931. The van der Waals surface area contributed by atoms with Gasteiger partial charge in [0.2, 0.25) is 5.96 Å². The minimum atomic E-state index is -1.29. The van der Waals surface area contributed by atoms with E-state index in [-0.39, 0.29) is 11.6 Å². The molecule has 4 N–H and O–H groups in total. The molecule has 0 saturated carbocycles. The molecule has 15 heavy (non-hydrogen) atoms. The third-order valence-corrected chi connectivity index (χ3v) is 1.61. The number of hydrogen-bond acceptors (Lipinski definition) is 2. The van der Waals surface area contributed by atoms with Crippen LogP contribution in [0, 0.1) is 17.5 Å². The van der Waals surface area contributed by atoms with Crippen LogP contribution in [0.2, 0.25) is 0 Å². The van der Waals surface area contributed by atoms with Gasteiger partial charge in [-0.2, -0.15) is 0 Å². The molecule has 0 amide bonds. The van der Waals surface area contributed by atoms with Crippen LogP contribution in [-0.2, 0) is 0 Å². The van der Waals surface area contributed by atoms with Gasteiger partial charge in [-0.05, 0) is 0 Å². The van der Waals surface area contributed by atoms with E-state index in [4.69, 9.17) is 5.84 Å². The van der Waals surface area contributed by atoms with E-state index in [1.165, 1.54) is 7.05 Å². The average molecular weight is 218 g/mol. The van der Waals surface area contributed by atoms with Crippen molar-refractivity contribution in [2.45, 2.75) is 0 Å². The number of anilines is 1. The van der Waals surface area contributed by atoms with Crippen LogP contribution < -0.4 is 16.6 Å². The van der Waals surface area contributed by atoms with Crippen molar-refractivity contribution in [3.63, 3.8) is 0 Å². The molecule has 0 aliphatic rings. The second-order valence-electron chi connectivity index (χ2n) is 2.59. The molecule has 0 fully saturated rings. The molecule has 0 heterocycles. The predicted octanol–water partition coefficient (Wildman–Crippen LogP) is 0.965. The third kappa shape index (κ3) is 2.59. The van der Waals surface area contributed by atoms with E-state index in [1.54, 1.807) is 0 Å². The number of nitrogens with two attached hydrogens (primary N) is 1. The fraction of sp³-hybridized carbons (Fsp3) is 0.125. The van der Waals surface area contributed by atoms with Crippen LogP contribution in [0.25, 0.3) is 0 Å². The van der Waals surface area contributed by atoms with Crippen LogP contribution in [0.3, 0.4) is 0 Å². The molecule has 0 atom stereocenters. The molecule has 1 rings (SSSR count). The Labute approximate surface area is 84.0 Å². The van der Waals surface area contributed by atoms with Gasteiger partial charge in [0.1, 0.15) is 5.82 Å². The molecule has 0 aliphatic carbocycles. The molecule has 0 unspecified atom stereocenters. The van der Waals surface area contributed by atoms with Gasteiger partial charge in [-0.1, -0.05) is 0 Å². The number of hydrogen-bond donors (Lipinski definition) is 3. The second-order valence-corrected chi connectivity index (χ2v) is 2.59. The zero-order valence-corrected chi connectivity index (χ0v) is 7.81. The normalized spacial score (nSPS) is 11.4. The zero-order chi connectivity index (χ0) is 11.4. The molecule has 82 valence electrons. The first-order valence-corrected chi connectivity index (χ1v) is 3.93. The van der Waals surface area contributed by atoms with E-state index in [2.05, 4.69) is 15.7 Å². The first kappa shape index (κ1) is 11.3. The highest BCUT2D eigenvalue weighted by atomic mass is 19.2. The molecule has 0 radical (unpaired) electrons. The standard InChI is InChI=1S/C8H9F3N4/c1-13-8(15-12)14-6-3-4(9)2-5(10)7(6)11/h2-3H,12H2,1H3,(H2,13,14,15). The number of nitrogens with one attached hydrogen (secondary N) is 2. The molecular weight excluding hydrogens is 209 g/mol. The van der Waals surface area contributed by atoms with E-state index in [9.17, 15) is 13.2 Å². The van der Waals surface area contributed by atoms with E-state index >= 15 is 0 Å². The van der Waals surface area contributed by atoms with E-state index < -0.39 is 17.5 Å². The van der Waals surface area contributed by atoms with Gasteiger partial charge in [-0.3, -0.25) is 10.4 Å². The minimum absolute atomic E-state index is 0.0149. The van der Waals surface area contributed by atoms with Crippen molar-refractivity contribution in [3.05, 3.63) is 29.6 Å². The maximum Gasteiger partial charge on any atom is 0.210 e. The molecule has 1 aromatic rings. The Morgan fingerprint density at radius 3 is 2.53 bits per heavy atom. The topological polar surface area (TPSA) is 62.4 Å². The maximum atomic E-state index is 13.1. The van der Waals surface area contributed by atoms with Crippen molar-refractivity contribution in [1.82, 2.24) is 5.43 Å².